The number of hydrogen-bond donors (Lipinski definition) is 1. The van der Waals surface area contributed by atoms with E-state index >= 15 is 0 Å². The Morgan fingerprint density at radius 3 is 2.93 bits per heavy atom. The molecule has 3 heteroatoms. The van der Waals surface area contributed by atoms with Crippen molar-refractivity contribution in [2.24, 2.45) is 0 Å². The fourth-order valence-electron chi connectivity index (χ4n) is 2.07. The average Bonchev–Trinajstić information content (AvgIpc) is 3.03. The van der Waals surface area contributed by atoms with E-state index in [9.17, 15) is 0 Å². The summed E-state index contributed by atoms with van der Waals surface area (Å²) in [7, 11) is 0. The maximum Gasteiger partial charge on any atom is 0.124 e. The lowest BCUT2D eigenvalue weighted by Gasteiger charge is -2.27. The van der Waals surface area contributed by atoms with Gasteiger partial charge in [-0.3, -0.25) is 0 Å². The van der Waals surface area contributed by atoms with Gasteiger partial charge in [-0.1, -0.05) is 0 Å². The lowest BCUT2D eigenvalue weighted by Crippen LogP contribution is -2.28. The van der Waals surface area contributed by atoms with Crippen LogP contribution in [-0.4, -0.2) is 12.6 Å². The first-order chi connectivity index (χ1) is 7.33. The molecule has 1 aliphatic carbocycles. The minimum Gasteiger partial charge on any atom is -0.493 e. The summed E-state index contributed by atoms with van der Waals surface area (Å²) in [5, 5.41) is 3.69. The lowest BCUT2D eigenvalue weighted by molar-refractivity contribution is 0.252. The van der Waals surface area contributed by atoms with Crippen molar-refractivity contribution >= 4 is 22.6 Å². The van der Waals surface area contributed by atoms with Crippen molar-refractivity contribution in [1.29, 1.82) is 0 Å². The molecule has 0 saturated heterocycles. The summed E-state index contributed by atoms with van der Waals surface area (Å²) in [4.78, 5) is 0. The van der Waals surface area contributed by atoms with Crippen LogP contribution in [0, 0.1) is 3.57 Å². The molecule has 1 N–H and O–H groups in total. The van der Waals surface area contributed by atoms with Gasteiger partial charge in [0.25, 0.3) is 0 Å². The molecule has 1 heterocycles. The third-order valence-electron chi connectivity index (χ3n) is 3.03. The molecule has 15 heavy (non-hydrogen) atoms. The fraction of sp³-hybridized carbons (Fsp3) is 0.500. The van der Waals surface area contributed by atoms with Crippen LogP contribution in [0.4, 0.5) is 0 Å². The van der Waals surface area contributed by atoms with Crippen LogP contribution in [0.5, 0.6) is 5.75 Å². The van der Waals surface area contributed by atoms with Crippen LogP contribution >= 0.6 is 22.6 Å². The molecule has 80 valence electrons. The van der Waals surface area contributed by atoms with Crippen LogP contribution in [0.15, 0.2) is 18.2 Å². The molecule has 2 aliphatic rings. The van der Waals surface area contributed by atoms with E-state index in [1.807, 2.05) is 0 Å². The number of halogens is 1. The number of hydrogen-bond acceptors (Lipinski definition) is 2. The van der Waals surface area contributed by atoms with E-state index in [-0.39, 0.29) is 0 Å². The van der Waals surface area contributed by atoms with Gasteiger partial charge in [-0.05, 0) is 53.6 Å². The summed E-state index contributed by atoms with van der Waals surface area (Å²) >= 11 is 2.36. The Hall–Kier alpha value is -0.290. The quantitative estimate of drug-likeness (QED) is 0.848. The molecule has 1 aliphatic heterocycles. The highest BCUT2D eigenvalue weighted by atomic mass is 127. The minimum absolute atomic E-state index is 0.510. The van der Waals surface area contributed by atoms with E-state index in [1.165, 1.54) is 22.0 Å². The average molecular weight is 315 g/mol. The molecule has 1 aromatic carbocycles. The Labute approximate surface area is 104 Å². The first-order valence-electron chi connectivity index (χ1n) is 5.51. The highest BCUT2D eigenvalue weighted by Crippen LogP contribution is 2.35. The van der Waals surface area contributed by atoms with Crippen molar-refractivity contribution in [3.8, 4) is 5.75 Å². The Balaban J connectivity index is 1.89. The SMILES string of the molecule is Ic1ccc2c(c1)C(NC1CC1)CCO2. The van der Waals surface area contributed by atoms with Crippen LogP contribution in [0.1, 0.15) is 30.9 Å². The van der Waals surface area contributed by atoms with Crippen LogP contribution < -0.4 is 10.1 Å². The second kappa shape index (κ2) is 3.94. The van der Waals surface area contributed by atoms with Gasteiger partial charge in [0, 0.05) is 27.6 Å². The standard InChI is InChI=1S/C12H14INO/c13-8-1-4-12-10(7-8)11(5-6-15-12)14-9-2-3-9/h1,4,7,9,11,14H,2-3,5-6H2. The Bertz CT molecular complexity index is 376. The maximum absolute atomic E-state index is 5.67. The normalized spacial score (nSPS) is 24.5. The molecule has 0 aromatic heterocycles. The zero-order chi connectivity index (χ0) is 10.3. The zero-order valence-corrected chi connectivity index (χ0v) is 10.7. The molecule has 0 spiro atoms. The van der Waals surface area contributed by atoms with Gasteiger partial charge in [-0.2, -0.15) is 0 Å². The fourth-order valence-corrected chi connectivity index (χ4v) is 2.59. The molecule has 2 nitrogen and oxygen atoms in total. The Morgan fingerprint density at radius 1 is 1.27 bits per heavy atom. The number of rotatable bonds is 2. The summed E-state index contributed by atoms with van der Waals surface area (Å²) in [6.45, 7) is 0.845. The van der Waals surface area contributed by atoms with Gasteiger partial charge >= 0.3 is 0 Å². The molecule has 1 atom stereocenters. The van der Waals surface area contributed by atoms with E-state index in [1.54, 1.807) is 0 Å². The highest BCUT2D eigenvalue weighted by Gasteiger charge is 2.28. The van der Waals surface area contributed by atoms with E-state index in [4.69, 9.17) is 4.74 Å². The monoisotopic (exact) mass is 315 g/mol. The molecular weight excluding hydrogens is 301 g/mol. The van der Waals surface area contributed by atoms with Gasteiger partial charge < -0.3 is 10.1 Å². The maximum atomic E-state index is 5.67. The number of nitrogens with one attached hydrogen (secondary N) is 1. The second-order valence-electron chi connectivity index (χ2n) is 4.31. The predicted octanol–water partition coefficient (Wildman–Crippen LogP) is 2.87. The van der Waals surface area contributed by atoms with Crippen LogP contribution in [-0.2, 0) is 0 Å². The first-order valence-corrected chi connectivity index (χ1v) is 6.59. The Kier molecular flexibility index (Phi) is 2.60. The van der Waals surface area contributed by atoms with Crippen molar-refractivity contribution in [2.45, 2.75) is 31.3 Å². The second-order valence-corrected chi connectivity index (χ2v) is 5.56. The molecule has 0 radical (unpaired) electrons. The van der Waals surface area contributed by atoms with Crippen LogP contribution in [0.25, 0.3) is 0 Å². The molecule has 1 unspecified atom stereocenters. The smallest absolute Gasteiger partial charge is 0.124 e. The van der Waals surface area contributed by atoms with Crippen LogP contribution in [0.3, 0.4) is 0 Å². The van der Waals surface area contributed by atoms with Crippen molar-refractivity contribution in [2.75, 3.05) is 6.61 Å². The summed E-state index contributed by atoms with van der Waals surface area (Å²) in [6.07, 6.45) is 3.79. The van der Waals surface area contributed by atoms with E-state index in [0.29, 0.717) is 6.04 Å². The third-order valence-corrected chi connectivity index (χ3v) is 3.70. The highest BCUT2D eigenvalue weighted by molar-refractivity contribution is 14.1. The topological polar surface area (TPSA) is 21.3 Å². The molecule has 0 bridgehead atoms. The van der Waals surface area contributed by atoms with E-state index < -0.39 is 0 Å². The van der Waals surface area contributed by atoms with Gasteiger partial charge in [-0.25, -0.2) is 0 Å². The van der Waals surface area contributed by atoms with Crippen molar-refractivity contribution in [3.63, 3.8) is 0 Å². The van der Waals surface area contributed by atoms with Crippen molar-refractivity contribution < 1.29 is 4.74 Å². The molecular formula is C12H14INO. The van der Waals surface area contributed by atoms with Gasteiger partial charge in [0.1, 0.15) is 5.75 Å². The lowest BCUT2D eigenvalue weighted by atomic mass is 10.0. The third kappa shape index (κ3) is 2.13. The van der Waals surface area contributed by atoms with Crippen molar-refractivity contribution in [1.82, 2.24) is 5.32 Å². The zero-order valence-electron chi connectivity index (χ0n) is 8.50. The molecule has 3 rings (SSSR count). The summed E-state index contributed by atoms with van der Waals surface area (Å²) in [5.41, 5.74) is 1.35. The largest absolute Gasteiger partial charge is 0.493 e. The number of fused-ring (bicyclic) bond motifs is 1. The van der Waals surface area contributed by atoms with Gasteiger partial charge in [0.05, 0.1) is 6.61 Å². The molecule has 1 aromatic rings. The van der Waals surface area contributed by atoms with Gasteiger partial charge in [0.2, 0.25) is 0 Å². The van der Waals surface area contributed by atoms with E-state index in [0.717, 1.165) is 24.8 Å². The summed E-state index contributed by atoms with van der Waals surface area (Å²) in [5.74, 6) is 1.07. The molecule has 1 fully saturated rings. The van der Waals surface area contributed by atoms with Crippen molar-refractivity contribution in [3.05, 3.63) is 27.3 Å². The molecule has 0 amide bonds. The number of ether oxygens (including phenoxy) is 1. The minimum atomic E-state index is 0.510. The van der Waals surface area contributed by atoms with E-state index in [2.05, 4.69) is 46.1 Å². The summed E-state index contributed by atoms with van der Waals surface area (Å²) < 4.78 is 6.96. The summed E-state index contributed by atoms with van der Waals surface area (Å²) in [6, 6.07) is 7.72. The Morgan fingerprint density at radius 2 is 2.13 bits per heavy atom. The predicted molar refractivity (Wildman–Crippen MR) is 68.2 cm³/mol. The van der Waals surface area contributed by atoms with Gasteiger partial charge in [-0.15, -0.1) is 0 Å². The van der Waals surface area contributed by atoms with Crippen LogP contribution in [0.2, 0.25) is 0 Å². The first kappa shape index (κ1) is 9.90. The number of benzene rings is 1. The molecule has 1 saturated carbocycles. The van der Waals surface area contributed by atoms with Gasteiger partial charge in [0.15, 0.2) is 0 Å².